The van der Waals surface area contributed by atoms with Crippen LogP contribution in [-0.4, -0.2) is 44.6 Å². The van der Waals surface area contributed by atoms with E-state index < -0.39 is 5.82 Å². The van der Waals surface area contributed by atoms with Gasteiger partial charge in [0, 0.05) is 31.1 Å². The van der Waals surface area contributed by atoms with E-state index in [0.29, 0.717) is 23.9 Å². The zero-order valence-corrected chi connectivity index (χ0v) is 14.4. The molecule has 0 unspecified atom stereocenters. The second-order valence-electron chi connectivity index (χ2n) is 6.95. The van der Waals surface area contributed by atoms with E-state index in [-0.39, 0.29) is 11.7 Å². The maximum Gasteiger partial charge on any atom is 0.251 e. The van der Waals surface area contributed by atoms with Crippen molar-refractivity contribution in [2.75, 3.05) is 33.8 Å². The number of likely N-dealkylation sites (tertiary alicyclic amines) is 1. The van der Waals surface area contributed by atoms with Crippen LogP contribution in [0.25, 0.3) is 11.1 Å². The SMILES string of the molecule is COc1ccc(-c2ccc3c(c2)C(=O)NC[C@@H]2CN(C)C[C@@H]32)cc1F. The highest BCUT2D eigenvalue weighted by atomic mass is 19.1. The van der Waals surface area contributed by atoms with E-state index >= 15 is 0 Å². The molecule has 130 valence electrons. The molecular weight excluding hydrogens is 319 g/mol. The molecule has 4 rings (SSSR count). The Balaban J connectivity index is 1.76. The first-order valence-corrected chi connectivity index (χ1v) is 8.51. The molecule has 25 heavy (non-hydrogen) atoms. The summed E-state index contributed by atoms with van der Waals surface area (Å²) in [7, 11) is 3.56. The number of ether oxygens (including phenoxy) is 1. The zero-order valence-electron chi connectivity index (χ0n) is 14.4. The summed E-state index contributed by atoms with van der Waals surface area (Å²) in [6.45, 7) is 2.66. The molecule has 0 spiro atoms. The van der Waals surface area contributed by atoms with Gasteiger partial charge in [0.05, 0.1) is 7.11 Å². The number of hydrogen-bond acceptors (Lipinski definition) is 3. The molecular formula is C20H21FN2O2. The number of benzene rings is 2. The fourth-order valence-corrected chi connectivity index (χ4v) is 4.07. The lowest BCUT2D eigenvalue weighted by Crippen LogP contribution is -2.29. The topological polar surface area (TPSA) is 41.6 Å². The first kappa shape index (κ1) is 16.1. The van der Waals surface area contributed by atoms with Gasteiger partial charge >= 0.3 is 0 Å². The van der Waals surface area contributed by atoms with Crippen LogP contribution < -0.4 is 10.1 Å². The summed E-state index contributed by atoms with van der Waals surface area (Å²) in [6.07, 6.45) is 0. The molecule has 4 nitrogen and oxygen atoms in total. The molecule has 1 saturated heterocycles. The minimum absolute atomic E-state index is 0.0390. The first-order valence-electron chi connectivity index (χ1n) is 8.51. The Kier molecular flexibility index (Phi) is 3.96. The summed E-state index contributed by atoms with van der Waals surface area (Å²) >= 11 is 0. The van der Waals surface area contributed by atoms with E-state index in [0.717, 1.165) is 29.8 Å². The van der Waals surface area contributed by atoms with Gasteiger partial charge in [-0.3, -0.25) is 4.79 Å². The van der Waals surface area contributed by atoms with Crippen molar-refractivity contribution in [3.8, 4) is 16.9 Å². The van der Waals surface area contributed by atoms with Crippen LogP contribution in [0.15, 0.2) is 36.4 Å². The van der Waals surface area contributed by atoms with Gasteiger partial charge < -0.3 is 15.0 Å². The highest BCUT2D eigenvalue weighted by molar-refractivity contribution is 5.97. The molecule has 0 radical (unpaired) electrons. The summed E-state index contributed by atoms with van der Waals surface area (Å²) in [4.78, 5) is 14.9. The number of halogens is 1. The van der Waals surface area contributed by atoms with Crippen molar-refractivity contribution >= 4 is 5.91 Å². The van der Waals surface area contributed by atoms with Crippen LogP contribution in [0.4, 0.5) is 4.39 Å². The Hall–Kier alpha value is -2.40. The molecule has 2 aromatic carbocycles. The molecule has 1 fully saturated rings. The van der Waals surface area contributed by atoms with Gasteiger partial charge in [-0.1, -0.05) is 18.2 Å². The minimum atomic E-state index is -0.406. The van der Waals surface area contributed by atoms with Crippen LogP contribution in [0, 0.1) is 11.7 Å². The van der Waals surface area contributed by atoms with Crippen LogP contribution in [-0.2, 0) is 0 Å². The summed E-state index contributed by atoms with van der Waals surface area (Å²) in [5, 5.41) is 3.04. The quantitative estimate of drug-likeness (QED) is 0.914. The molecule has 2 atom stereocenters. The Bertz CT molecular complexity index is 836. The summed E-state index contributed by atoms with van der Waals surface area (Å²) < 4.78 is 19.0. The van der Waals surface area contributed by atoms with Gasteiger partial charge in [-0.2, -0.15) is 0 Å². The van der Waals surface area contributed by atoms with Crippen molar-refractivity contribution in [2.45, 2.75) is 5.92 Å². The molecule has 5 heteroatoms. The predicted octanol–water partition coefficient (Wildman–Crippen LogP) is 2.89. The Morgan fingerprint density at radius 1 is 1.16 bits per heavy atom. The average molecular weight is 340 g/mol. The van der Waals surface area contributed by atoms with Crippen LogP contribution in [0.1, 0.15) is 21.8 Å². The van der Waals surface area contributed by atoms with Gasteiger partial charge in [0.1, 0.15) is 0 Å². The van der Waals surface area contributed by atoms with E-state index in [2.05, 4.69) is 17.3 Å². The van der Waals surface area contributed by atoms with Gasteiger partial charge in [0.15, 0.2) is 11.6 Å². The zero-order chi connectivity index (χ0) is 17.6. The van der Waals surface area contributed by atoms with Gasteiger partial charge in [0.25, 0.3) is 5.91 Å². The Labute approximate surface area is 146 Å². The van der Waals surface area contributed by atoms with E-state index in [1.165, 1.54) is 13.2 Å². The van der Waals surface area contributed by atoms with Gasteiger partial charge in [-0.15, -0.1) is 0 Å². The number of nitrogens with one attached hydrogen (secondary N) is 1. The third-order valence-electron chi connectivity index (χ3n) is 5.33. The predicted molar refractivity (Wildman–Crippen MR) is 94.4 cm³/mol. The number of nitrogens with zero attached hydrogens (tertiary/aromatic N) is 1. The van der Waals surface area contributed by atoms with Crippen molar-refractivity contribution in [3.63, 3.8) is 0 Å². The number of hydrogen-bond donors (Lipinski definition) is 1. The summed E-state index contributed by atoms with van der Waals surface area (Å²) in [5.74, 6) is 0.577. The molecule has 2 aliphatic heterocycles. The molecule has 0 saturated carbocycles. The normalized spacial score (nSPS) is 22.8. The second-order valence-corrected chi connectivity index (χ2v) is 6.95. The van der Waals surface area contributed by atoms with Crippen LogP contribution >= 0.6 is 0 Å². The molecule has 2 aromatic rings. The van der Waals surface area contributed by atoms with E-state index in [1.807, 2.05) is 24.3 Å². The second kappa shape index (κ2) is 6.15. The number of likely N-dealkylation sites (N-methyl/N-ethyl adjacent to an activating group) is 1. The lowest BCUT2D eigenvalue weighted by Gasteiger charge is -2.17. The fraction of sp³-hybridized carbons (Fsp3) is 0.350. The van der Waals surface area contributed by atoms with Crippen molar-refractivity contribution in [3.05, 3.63) is 53.3 Å². The standard InChI is InChI=1S/C20H21FN2O2/c1-23-10-14-9-22-20(24)16-7-12(3-5-15(16)17(14)11-23)13-4-6-19(25-2)18(21)8-13/h3-8,14,17H,9-11H2,1-2H3,(H,22,24)/t14-,17-/m1/s1. The smallest absolute Gasteiger partial charge is 0.251 e. The monoisotopic (exact) mass is 340 g/mol. The molecule has 0 aliphatic carbocycles. The summed E-state index contributed by atoms with van der Waals surface area (Å²) in [5.41, 5.74) is 3.37. The lowest BCUT2D eigenvalue weighted by atomic mass is 9.86. The van der Waals surface area contributed by atoms with Crippen molar-refractivity contribution < 1.29 is 13.9 Å². The molecule has 1 amide bonds. The van der Waals surface area contributed by atoms with Gasteiger partial charge in [-0.25, -0.2) is 4.39 Å². The fourth-order valence-electron chi connectivity index (χ4n) is 4.07. The number of methoxy groups -OCH3 is 1. The highest BCUT2D eigenvalue weighted by Crippen LogP contribution is 2.37. The molecule has 2 heterocycles. The third kappa shape index (κ3) is 2.78. The van der Waals surface area contributed by atoms with Crippen molar-refractivity contribution in [1.29, 1.82) is 0 Å². The highest BCUT2D eigenvalue weighted by Gasteiger charge is 2.36. The molecule has 0 aromatic heterocycles. The molecule has 2 aliphatic rings. The minimum Gasteiger partial charge on any atom is -0.494 e. The third-order valence-corrected chi connectivity index (χ3v) is 5.33. The van der Waals surface area contributed by atoms with E-state index in [9.17, 15) is 9.18 Å². The number of amides is 1. The number of carbonyl (C=O) groups excluding carboxylic acids is 1. The van der Waals surface area contributed by atoms with Crippen LogP contribution in [0.5, 0.6) is 5.75 Å². The van der Waals surface area contributed by atoms with E-state index in [4.69, 9.17) is 4.74 Å². The number of fused-ring (bicyclic) bond motifs is 3. The molecule has 0 bridgehead atoms. The largest absolute Gasteiger partial charge is 0.494 e. The number of rotatable bonds is 2. The van der Waals surface area contributed by atoms with Crippen LogP contribution in [0.2, 0.25) is 0 Å². The van der Waals surface area contributed by atoms with Crippen molar-refractivity contribution in [1.82, 2.24) is 10.2 Å². The Morgan fingerprint density at radius 3 is 2.68 bits per heavy atom. The summed E-state index contributed by atoms with van der Waals surface area (Å²) in [6, 6.07) is 10.8. The number of carbonyl (C=O) groups is 1. The Morgan fingerprint density at radius 2 is 1.92 bits per heavy atom. The van der Waals surface area contributed by atoms with Gasteiger partial charge in [0.2, 0.25) is 0 Å². The van der Waals surface area contributed by atoms with E-state index in [1.54, 1.807) is 6.07 Å². The maximum atomic E-state index is 14.0. The van der Waals surface area contributed by atoms with Gasteiger partial charge in [-0.05, 0) is 47.9 Å². The van der Waals surface area contributed by atoms with Crippen molar-refractivity contribution in [2.24, 2.45) is 5.92 Å². The van der Waals surface area contributed by atoms with Crippen LogP contribution in [0.3, 0.4) is 0 Å². The average Bonchev–Trinajstić information content (AvgIpc) is 2.94. The maximum absolute atomic E-state index is 14.0. The molecule has 1 N–H and O–H groups in total. The lowest BCUT2D eigenvalue weighted by molar-refractivity contribution is 0.0951. The first-order chi connectivity index (χ1) is 12.1.